The number of hydrogen-bond acceptors (Lipinski definition) is 8. The molecule has 0 saturated carbocycles. The van der Waals surface area contributed by atoms with Crippen LogP contribution >= 0.6 is 0 Å². The SMILES string of the molecule is [3H]n1ccc(OCc2c(-n3nnn(C)c3=O)noc2OCC)n1. The topological polar surface area (TPSA) is 126 Å². The Balaban J connectivity index is 1.94. The van der Waals surface area contributed by atoms with Gasteiger partial charge in [-0.2, -0.15) is 4.68 Å². The Hall–Kier alpha value is -3.11. The number of aromatic amines is 1. The molecule has 3 aromatic rings. The molecule has 3 rings (SSSR count). The Morgan fingerprint density at radius 3 is 2.95 bits per heavy atom. The van der Waals surface area contributed by atoms with E-state index in [0.29, 0.717) is 12.2 Å². The molecular formula is C11H13N7O4. The van der Waals surface area contributed by atoms with Gasteiger partial charge in [0, 0.05) is 19.3 Å². The van der Waals surface area contributed by atoms with E-state index in [1.807, 2.05) is 0 Å². The largest absolute Gasteiger partial charge is 0.471 e. The van der Waals surface area contributed by atoms with Crippen LogP contribution < -0.4 is 15.2 Å². The Kier molecular flexibility index (Phi) is 3.28. The molecule has 0 aliphatic carbocycles. The predicted octanol–water partition coefficient (Wildman–Crippen LogP) is -0.345. The van der Waals surface area contributed by atoms with Gasteiger partial charge < -0.3 is 14.0 Å². The number of hydrogen-bond donors (Lipinski definition) is 1. The fourth-order valence-corrected chi connectivity index (χ4v) is 1.71. The van der Waals surface area contributed by atoms with E-state index >= 15 is 0 Å². The fourth-order valence-electron chi connectivity index (χ4n) is 1.71. The highest BCUT2D eigenvalue weighted by atomic mass is 16.6. The molecule has 1 N–H and O–H groups in total. The van der Waals surface area contributed by atoms with Crippen LogP contribution in [0.15, 0.2) is 21.6 Å². The van der Waals surface area contributed by atoms with Gasteiger partial charge in [-0.3, -0.25) is 5.09 Å². The number of aryl methyl sites for hydroxylation is 1. The number of nitrogens with zero attached hydrogens (tertiary/aromatic N) is 6. The van der Waals surface area contributed by atoms with Crippen LogP contribution in [-0.2, 0) is 13.7 Å². The molecule has 0 radical (unpaired) electrons. The van der Waals surface area contributed by atoms with Crippen LogP contribution in [0.4, 0.5) is 0 Å². The standard InChI is InChI=1S/C11H13N7O4/c1-3-20-10-7(6-21-8-4-5-12-13-8)9(14-22-10)18-11(19)17(2)15-16-18/h4-5H,3,6H2,1-2H3,(H,12,13)/i/hT. The van der Waals surface area contributed by atoms with Crippen LogP contribution in [0.5, 0.6) is 11.8 Å². The maximum atomic E-state index is 12.0. The van der Waals surface area contributed by atoms with Gasteiger partial charge in [0.05, 0.1) is 6.61 Å². The minimum absolute atomic E-state index is 0.0335. The molecular weight excluding hydrogens is 294 g/mol. The highest BCUT2D eigenvalue weighted by molar-refractivity contribution is 5.37. The molecule has 3 heterocycles. The van der Waals surface area contributed by atoms with E-state index in [0.717, 1.165) is 14.5 Å². The summed E-state index contributed by atoms with van der Waals surface area (Å²) in [7, 11) is 1.46. The molecule has 0 bridgehead atoms. The monoisotopic (exact) mass is 309 g/mol. The highest BCUT2D eigenvalue weighted by Crippen LogP contribution is 2.25. The molecule has 11 heteroatoms. The lowest BCUT2D eigenvalue weighted by molar-refractivity contribution is 0.213. The lowest BCUT2D eigenvalue weighted by Crippen LogP contribution is -2.23. The van der Waals surface area contributed by atoms with E-state index < -0.39 is 5.69 Å². The molecule has 0 spiro atoms. The first-order valence-corrected chi connectivity index (χ1v) is 6.38. The minimum atomic E-state index is -0.488. The van der Waals surface area contributed by atoms with Crippen LogP contribution in [0.2, 0.25) is 1.41 Å². The number of rotatable bonds is 6. The zero-order valence-electron chi connectivity index (χ0n) is 12.8. The van der Waals surface area contributed by atoms with Crippen molar-refractivity contribution in [2.24, 2.45) is 7.05 Å². The summed E-state index contributed by atoms with van der Waals surface area (Å²) >= 11 is 0. The zero-order valence-corrected chi connectivity index (χ0v) is 11.8. The number of H-pyrrole nitrogens is 1. The van der Waals surface area contributed by atoms with E-state index in [1.165, 1.54) is 19.3 Å². The summed E-state index contributed by atoms with van der Waals surface area (Å²) in [5.74, 6) is 0.475. The third-order valence-corrected chi connectivity index (χ3v) is 2.73. The Bertz CT molecular complexity index is 864. The van der Waals surface area contributed by atoms with Gasteiger partial charge in [-0.25, -0.2) is 4.79 Å². The van der Waals surface area contributed by atoms with Crippen molar-refractivity contribution in [3.8, 4) is 17.6 Å². The van der Waals surface area contributed by atoms with Crippen LogP contribution in [0.25, 0.3) is 5.82 Å². The number of nitrogens with one attached hydrogen (secondary N) is 1. The Labute approximate surface area is 124 Å². The summed E-state index contributed by atoms with van der Waals surface area (Å²) < 4.78 is 25.2. The zero-order chi connectivity index (χ0) is 16.4. The van der Waals surface area contributed by atoms with E-state index in [9.17, 15) is 4.79 Å². The first-order valence-electron chi connectivity index (χ1n) is 6.83. The number of ether oxygens (including phenoxy) is 2. The van der Waals surface area contributed by atoms with Crippen LogP contribution in [0, 0.1) is 0 Å². The second-order valence-corrected chi connectivity index (χ2v) is 4.16. The van der Waals surface area contributed by atoms with Gasteiger partial charge in [0.1, 0.15) is 12.2 Å². The molecule has 3 aromatic heterocycles. The van der Waals surface area contributed by atoms with Crippen LogP contribution in [0.3, 0.4) is 0 Å². The van der Waals surface area contributed by atoms with Gasteiger partial charge in [0.25, 0.3) is 0 Å². The van der Waals surface area contributed by atoms with Crippen molar-refractivity contribution in [3.05, 3.63) is 28.3 Å². The van der Waals surface area contributed by atoms with Crippen molar-refractivity contribution < 1.29 is 15.4 Å². The average molecular weight is 309 g/mol. The van der Waals surface area contributed by atoms with Gasteiger partial charge in [-0.1, -0.05) is 5.16 Å². The summed E-state index contributed by atoms with van der Waals surface area (Å²) in [6.07, 6.45) is 1.42. The first-order chi connectivity index (χ1) is 11.1. The van der Waals surface area contributed by atoms with Crippen molar-refractivity contribution in [1.29, 1.82) is 0 Å². The normalized spacial score (nSPS) is 11.5. The van der Waals surface area contributed by atoms with Gasteiger partial charge in [-0.15, -0.1) is 9.78 Å². The molecule has 0 atom stereocenters. The third kappa shape index (κ3) is 2.43. The van der Waals surface area contributed by atoms with Crippen LogP contribution in [-0.4, -0.2) is 41.7 Å². The number of tetrazole rings is 1. The fraction of sp³-hybridized carbons (Fsp3) is 0.364. The molecule has 11 nitrogen and oxygen atoms in total. The smallest absolute Gasteiger partial charge is 0.369 e. The van der Waals surface area contributed by atoms with Crippen LogP contribution in [0.1, 0.15) is 12.5 Å². The predicted molar refractivity (Wildman–Crippen MR) is 70.7 cm³/mol. The van der Waals surface area contributed by atoms with Crippen molar-refractivity contribution in [2.75, 3.05) is 6.61 Å². The summed E-state index contributed by atoms with van der Waals surface area (Å²) in [6.45, 7) is 2.09. The van der Waals surface area contributed by atoms with E-state index in [4.69, 9.17) is 15.4 Å². The maximum Gasteiger partial charge on any atom is 0.369 e. The van der Waals surface area contributed by atoms with Crippen molar-refractivity contribution in [1.82, 2.24) is 35.1 Å². The quantitative estimate of drug-likeness (QED) is 0.655. The molecule has 22 heavy (non-hydrogen) atoms. The van der Waals surface area contributed by atoms with Gasteiger partial charge >= 0.3 is 11.6 Å². The maximum absolute atomic E-state index is 12.0. The Morgan fingerprint density at radius 1 is 1.45 bits per heavy atom. The third-order valence-electron chi connectivity index (χ3n) is 2.73. The first kappa shape index (κ1) is 12.6. The lowest BCUT2D eigenvalue weighted by Gasteiger charge is -2.04. The van der Waals surface area contributed by atoms with Gasteiger partial charge in [-0.05, 0) is 17.4 Å². The molecule has 0 saturated heterocycles. The lowest BCUT2D eigenvalue weighted by atomic mass is 10.3. The van der Waals surface area contributed by atoms with E-state index in [-0.39, 0.29) is 24.3 Å². The van der Waals surface area contributed by atoms with Gasteiger partial charge in [0.2, 0.25) is 11.7 Å². The van der Waals surface area contributed by atoms with E-state index in [2.05, 4.69) is 20.7 Å². The summed E-state index contributed by atoms with van der Waals surface area (Å²) in [5.41, 5.74) is -0.105. The summed E-state index contributed by atoms with van der Waals surface area (Å²) in [6, 6.07) is 1.52. The molecule has 0 amide bonds. The molecule has 0 aliphatic rings. The average Bonchev–Trinajstić information content (AvgIpc) is 3.20. The van der Waals surface area contributed by atoms with Crippen molar-refractivity contribution in [3.63, 3.8) is 0 Å². The van der Waals surface area contributed by atoms with Gasteiger partial charge in [0.15, 0.2) is 1.41 Å². The van der Waals surface area contributed by atoms with Crippen molar-refractivity contribution >= 4 is 0 Å². The second kappa shape index (κ2) is 5.71. The second-order valence-electron chi connectivity index (χ2n) is 4.16. The summed E-state index contributed by atoms with van der Waals surface area (Å²) in [5, 5.41) is 15.8. The Morgan fingerprint density at radius 2 is 2.32 bits per heavy atom. The molecule has 0 aliphatic heterocycles. The number of aromatic nitrogens is 7. The highest BCUT2D eigenvalue weighted by Gasteiger charge is 2.23. The molecule has 116 valence electrons. The molecule has 0 fully saturated rings. The van der Waals surface area contributed by atoms with E-state index in [1.54, 1.807) is 6.92 Å². The summed E-state index contributed by atoms with van der Waals surface area (Å²) in [4.78, 5) is 12.0. The molecule has 0 aromatic carbocycles. The van der Waals surface area contributed by atoms with Crippen molar-refractivity contribution in [2.45, 2.75) is 13.5 Å². The minimum Gasteiger partial charge on any atom is -0.471 e. The molecule has 0 unspecified atom stereocenters.